The Hall–Kier alpha value is -1.39. The first kappa shape index (κ1) is 9.18. The molecule has 1 atom stereocenters. The van der Waals surface area contributed by atoms with Gasteiger partial charge in [-0.1, -0.05) is 12.1 Å². The highest BCUT2D eigenvalue weighted by molar-refractivity contribution is 6.03. The minimum Gasteiger partial charge on any atom is -0.508 e. The second kappa shape index (κ2) is 2.80. The summed E-state index contributed by atoms with van der Waals surface area (Å²) in [5.74, 6) is -2.28. The van der Waals surface area contributed by atoms with Crippen molar-refractivity contribution in [2.24, 2.45) is 0 Å². The summed E-state index contributed by atoms with van der Waals surface area (Å²) in [6.45, 7) is 1.34. The Labute approximate surface area is 80.7 Å². The van der Waals surface area contributed by atoms with E-state index >= 15 is 0 Å². The summed E-state index contributed by atoms with van der Waals surface area (Å²) in [6.07, 6.45) is 0. The summed E-state index contributed by atoms with van der Waals surface area (Å²) >= 11 is 0. The van der Waals surface area contributed by atoms with Crippen LogP contribution in [0.1, 0.15) is 22.8 Å². The van der Waals surface area contributed by atoms with Gasteiger partial charge >= 0.3 is 0 Å². The number of hydrogen-bond acceptors (Lipinski definition) is 4. The quantitative estimate of drug-likeness (QED) is 0.641. The molecule has 0 saturated heterocycles. The molecule has 0 unspecified atom stereocenters. The van der Waals surface area contributed by atoms with E-state index in [1.807, 2.05) is 0 Å². The first-order valence-corrected chi connectivity index (χ1v) is 4.24. The summed E-state index contributed by atoms with van der Waals surface area (Å²) in [4.78, 5) is 11.6. The van der Waals surface area contributed by atoms with Crippen molar-refractivity contribution >= 4 is 5.78 Å². The second-order valence-electron chi connectivity index (χ2n) is 3.40. The van der Waals surface area contributed by atoms with Crippen LogP contribution < -0.4 is 0 Å². The Balaban J connectivity index is 2.57. The van der Waals surface area contributed by atoms with Crippen molar-refractivity contribution in [3.8, 4) is 5.75 Å². The molecule has 2 N–H and O–H groups in total. The maximum atomic E-state index is 11.6. The van der Waals surface area contributed by atoms with E-state index in [1.165, 1.54) is 13.0 Å². The number of carbonyl (C=O) groups is 1. The van der Waals surface area contributed by atoms with Crippen LogP contribution in [-0.2, 0) is 11.3 Å². The van der Waals surface area contributed by atoms with Crippen LogP contribution in [0.5, 0.6) is 5.75 Å². The molecule has 0 aromatic heterocycles. The van der Waals surface area contributed by atoms with Crippen LogP contribution in [-0.4, -0.2) is 21.8 Å². The number of aromatic hydroxyl groups is 1. The van der Waals surface area contributed by atoms with Crippen molar-refractivity contribution in [3.63, 3.8) is 0 Å². The Morgan fingerprint density at radius 1 is 1.50 bits per heavy atom. The first-order valence-electron chi connectivity index (χ1n) is 4.24. The maximum absolute atomic E-state index is 11.6. The van der Waals surface area contributed by atoms with E-state index in [0.29, 0.717) is 11.1 Å². The van der Waals surface area contributed by atoms with Gasteiger partial charge in [0.15, 0.2) is 0 Å². The van der Waals surface area contributed by atoms with E-state index in [4.69, 9.17) is 4.74 Å². The fourth-order valence-electron chi connectivity index (χ4n) is 1.47. The lowest BCUT2D eigenvalue weighted by molar-refractivity contribution is -0.165. The van der Waals surface area contributed by atoms with Crippen LogP contribution in [0, 0.1) is 0 Å². The monoisotopic (exact) mass is 194 g/mol. The van der Waals surface area contributed by atoms with Crippen molar-refractivity contribution in [2.75, 3.05) is 0 Å². The number of phenols is 1. The predicted molar refractivity (Wildman–Crippen MR) is 47.9 cm³/mol. The van der Waals surface area contributed by atoms with Gasteiger partial charge in [0, 0.05) is 11.1 Å². The van der Waals surface area contributed by atoms with Crippen molar-refractivity contribution in [3.05, 3.63) is 29.3 Å². The van der Waals surface area contributed by atoms with Crippen molar-refractivity contribution in [1.82, 2.24) is 0 Å². The van der Waals surface area contributed by atoms with Gasteiger partial charge in [0.05, 0.1) is 6.61 Å². The van der Waals surface area contributed by atoms with E-state index < -0.39 is 11.6 Å². The third kappa shape index (κ3) is 1.20. The molecule has 4 nitrogen and oxygen atoms in total. The van der Waals surface area contributed by atoms with Gasteiger partial charge in [-0.25, -0.2) is 0 Å². The summed E-state index contributed by atoms with van der Waals surface area (Å²) in [5.41, 5.74) is 0.755. The molecular weight excluding hydrogens is 184 g/mol. The molecule has 0 bridgehead atoms. The van der Waals surface area contributed by atoms with Gasteiger partial charge < -0.3 is 14.9 Å². The SMILES string of the molecule is C[C@@]1(O)OCc2c(O)cccc2C1=O. The standard InChI is InChI=1S/C10H10O4/c1-10(13)9(12)6-3-2-4-8(11)7(6)5-14-10/h2-4,11,13H,5H2,1H3/t10-/m1/s1. The molecule has 0 amide bonds. The van der Waals surface area contributed by atoms with Gasteiger partial charge in [0.2, 0.25) is 11.6 Å². The fourth-order valence-corrected chi connectivity index (χ4v) is 1.47. The fraction of sp³-hybridized carbons (Fsp3) is 0.300. The van der Waals surface area contributed by atoms with Crippen LogP contribution in [0.15, 0.2) is 18.2 Å². The molecule has 1 aromatic carbocycles. The lowest BCUT2D eigenvalue weighted by Crippen LogP contribution is -2.41. The molecule has 1 aliphatic heterocycles. The Morgan fingerprint density at radius 3 is 2.93 bits per heavy atom. The highest BCUT2D eigenvalue weighted by atomic mass is 16.6. The van der Waals surface area contributed by atoms with Gasteiger partial charge in [-0.05, 0) is 13.0 Å². The third-order valence-electron chi connectivity index (χ3n) is 2.31. The molecule has 1 aliphatic rings. The van der Waals surface area contributed by atoms with Crippen LogP contribution >= 0.6 is 0 Å². The highest BCUT2D eigenvalue weighted by Crippen LogP contribution is 2.31. The normalized spacial score (nSPS) is 26.0. The summed E-state index contributed by atoms with van der Waals surface area (Å²) < 4.78 is 4.93. The zero-order chi connectivity index (χ0) is 10.3. The van der Waals surface area contributed by atoms with Crippen molar-refractivity contribution in [2.45, 2.75) is 19.3 Å². The second-order valence-corrected chi connectivity index (χ2v) is 3.40. The summed E-state index contributed by atoms with van der Waals surface area (Å²) in [7, 11) is 0. The number of ketones is 1. The molecule has 0 aliphatic carbocycles. The van der Waals surface area contributed by atoms with E-state index in [-0.39, 0.29) is 12.4 Å². The minimum atomic E-state index is -1.78. The van der Waals surface area contributed by atoms with E-state index in [1.54, 1.807) is 12.1 Å². The summed E-state index contributed by atoms with van der Waals surface area (Å²) in [5, 5.41) is 19.0. The number of carbonyl (C=O) groups excluding carboxylic acids is 1. The van der Waals surface area contributed by atoms with Crippen molar-refractivity contribution < 1.29 is 19.7 Å². The number of fused-ring (bicyclic) bond motifs is 1. The Kier molecular flexibility index (Phi) is 1.83. The predicted octanol–water partition coefficient (Wildman–Crippen LogP) is 0.814. The molecular formula is C10H10O4. The largest absolute Gasteiger partial charge is 0.508 e. The lowest BCUT2D eigenvalue weighted by atomic mass is 9.96. The summed E-state index contributed by atoms with van der Waals surface area (Å²) in [6, 6.07) is 4.61. The van der Waals surface area contributed by atoms with Gasteiger partial charge in [-0.3, -0.25) is 4.79 Å². The maximum Gasteiger partial charge on any atom is 0.228 e. The van der Waals surface area contributed by atoms with Crippen molar-refractivity contribution in [1.29, 1.82) is 0 Å². The van der Waals surface area contributed by atoms with Crippen LogP contribution in [0.2, 0.25) is 0 Å². The molecule has 0 spiro atoms. The molecule has 1 aromatic rings. The number of Topliss-reactive ketones (excluding diaryl/α,β-unsaturated/α-hetero) is 1. The van der Waals surface area contributed by atoms with Crippen LogP contribution in [0.25, 0.3) is 0 Å². The number of phenolic OH excluding ortho intramolecular Hbond substituents is 1. The number of hydrogen-bond donors (Lipinski definition) is 2. The molecule has 4 heteroatoms. The number of aliphatic hydroxyl groups is 1. The van der Waals surface area contributed by atoms with Crippen LogP contribution in [0.3, 0.4) is 0 Å². The van der Waals surface area contributed by atoms with E-state index in [2.05, 4.69) is 0 Å². The van der Waals surface area contributed by atoms with Gasteiger partial charge in [0.25, 0.3) is 0 Å². The molecule has 2 rings (SSSR count). The zero-order valence-corrected chi connectivity index (χ0v) is 7.65. The first-order chi connectivity index (χ1) is 6.52. The molecule has 0 radical (unpaired) electrons. The average molecular weight is 194 g/mol. The third-order valence-corrected chi connectivity index (χ3v) is 2.31. The minimum absolute atomic E-state index is 0.0198. The zero-order valence-electron chi connectivity index (χ0n) is 7.65. The molecule has 14 heavy (non-hydrogen) atoms. The number of benzene rings is 1. The molecule has 74 valence electrons. The number of ether oxygens (including phenoxy) is 1. The molecule has 1 heterocycles. The number of rotatable bonds is 0. The topological polar surface area (TPSA) is 66.8 Å². The smallest absolute Gasteiger partial charge is 0.228 e. The van der Waals surface area contributed by atoms with E-state index in [0.717, 1.165) is 0 Å². The molecule has 0 fully saturated rings. The average Bonchev–Trinajstić information content (AvgIpc) is 2.13. The highest BCUT2D eigenvalue weighted by Gasteiger charge is 2.38. The van der Waals surface area contributed by atoms with Gasteiger partial charge in [-0.2, -0.15) is 0 Å². The van der Waals surface area contributed by atoms with Crippen LogP contribution in [0.4, 0.5) is 0 Å². The Bertz CT molecular complexity index is 395. The van der Waals surface area contributed by atoms with Gasteiger partial charge in [-0.15, -0.1) is 0 Å². The van der Waals surface area contributed by atoms with Gasteiger partial charge in [0.1, 0.15) is 5.75 Å². The molecule has 0 saturated carbocycles. The Morgan fingerprint density at radius 2 is 2.21 bits per heavy atom. The van der Waals surface area contributed by atoms with E-state index in [9.17, 15) is 15.0 Å². The lowest BCUT2D eigenvalue weighted by Gasteiger charge is -2.28.